The fourth-order valence-corrected chi connectivity index (χ4v) is 11.8. The second kappa shape index (κ2) is 25.0. The summed E-state index contributed by atoms with van der Waals surface area (Å²) >= 11 is 0. The number of aryl methyl sites for hydroxylation is 2. The van der Waals surface area contributed by atoms with Gasteiger partial charge in [0.05, 0.1) is 97.7 Å². The van der Waals surface area contributed by atoms with Crippen molar-refractivity contribution in [3.8, 4) is 81.8 Å². The molecule has 0 N–H and O–H groups in total. The molecule has 4 aromatic heterocycles. The molecule has 0 aliphatic rings. The summed E-state index contributed by atoms with van der Waals surface area (Å²) < 4.78 is 104. The van der Waals surface area contributed by atoms with Gasteiger partial charge >= 0.3 is 0 Å². The molecule has 8 rings (SSSR count). The monoisotopic (exact) mass is 1120 g/mol. The van der Waals surface area contributed by atoms with Gasteiger partial charge in [-0.1, -0.05) is 24.3 Å². The zero-order valence-electron chi connectivity index (χ0n) is 45.1. The van der Waals surface area contributed by atoms with Crippen LogP contribution in [0.4, 0.5) is 0 Å². The van der Waals surface area contributed by atoms with E-state index in [1.165, 1.54) is 92.9 Å². The molecule has 0 radical (unpaired) electrons. The molecule has 80 heavy (non-hydrogen) atoms. The molecule has 4 heterocycles. The lowest BCUT2D eigenvalue weighted by Gasteiger charge is -2.24. The molecule has 0 saturated heterocycles. The van der Waals surface area contributed by atoms with Crippen molar-refractivity contribution in [2.75, 3.05) is 42.7 Å². The predicted octanol–water partition coefficient (Wildman–Crippen LogP) is 8.57. The number of furan rings is 2. The Labute approximate surface area is 462 Å². The summed E-state index contributed by atoms with van der Waals surface area (Å²) in [5.41, 5.74) is 2.41. The third-order valence-electron chi connectivity index (χ3n) is 13.0. The van der Waals surface area contributed by atoms with Crippen LogP contribution >= 0.6 is 0 Å². The van der Waals surface area contributed by atoms with Crippen molar-refractivity contribution in [2.45, 2.75) is 61.9 Å². The maximum Gasteiger partial charge on any atom is 0.204 e. The zero-order chi connectivity index (χ0) is 58.1. The molecular formula is C56H54N10O12S2. The maximum absolute atomic E-state index is 13.9. The summed E-state index contributed by atoms with van der Waals surface area (Å²) in [6.07, 6.45) is -1.98. The number of hydrogen-bond donors (Lipinski definition) is 0. The van der Waals surface area contributed by atoms with Gasteiger partial charge < -0.3 is 37.3 Å². The predicted molar refractivity (Wildman–Crippen MR) is 289 cm³/mol. The molecule has 4 aromatic carbocycles. The Kier molecular flexibility index (Phi) is 18.2. The van der Waals surface area contributed by atoms with Crippen molar-refractivity contribution in [3.05, 3.63) is 154 Å². The lowest BCUT2D eigenvalue weighted by molar-refractivity contribution is 0.102. The first kappa shape index (κ1) is 58.4. The fourth-order valence-electron chi connectivity index (χ4n) is 8.91. The van der Waals surface area contributed by atoms with Crippen LogP contribution < -0.4 is 18.9 Å². The van der Waals surface area contributed by atoms with Gasteiger partial charge in [-0.3, -0.25) is 9.13 Å². The molecule has 0 spiro atoms. The molecule has 0 unspecified atom stereocenters. The maximum atomic E-state index is 13.9. The number of nitriles is 4. The van der Waals surface area contributed by atoms with E-state index in [9.17, 15) is 37.9 Å². The average molecular weight is 1120 g/mol. The Morgan fingerprint density at radius 1 is 0.500 bits per heavy atom. The number of benzene rings is 4. The molecule has 22 nitrogen and oxygen atoms in total. The van der Waals surface area contributed by atoms with Gasteiger partial charge in [-0.05, 0) is 112 Å². The number of methoxy groups -OCH3 is 6. The van der Waals surface area contributed by atoms with Crippen molar-refractivity contribution < 1.29 is 54.1 Å². The summed E-state index contributed by atoms with van der Waals surface area (Å²) in [5, 5.41) is 52.6. The molecule has 412 valence electrons. The normalized spacial score (nSPS) is 12.8. The Bertz CT molecular complexity index is 3670. The number of ether oxygens (including phenoxy) is 6. The Balaban J connectivity index is 0.000000231. The highest BCUT2D eigenvalue weighted by atomic mass is 32.2. The van der Waals surface area contributed by atoms with Gasteiger partial charge in [0.1, 0.15) is 57.4 Å². The zero-order valence-corrected chi connectivity index (χ0v) is 46.8. The van der Waals surface area contributed by atoms with Crippen LogP contribution in [0.3, 0.4) is 0 Å². The van der Waals surface area contributed by atoms with E-state index >= 15 is 0 Å². The molecular weight excluding hydrogens is 1070 g/mol. The third kappa shape index (κ3) is 11.9. The number of nitrogens with zero attached hydrogens (tertiary/aromatic N) is 10. The Morgan fingerprint density at radius 2 is 0.850 bits per heavy atom. The minimum Gasteiger partial charge on any atom is -0.494 e. The van der Waals surface area contributed by atoms with Crippen LogP contribution in [0.2, 0.25) is 0 Å². The molecule has 4 atom stereocenters. The SMILES string of the molecule is COc1cccc(OC)c1-n1c(CS(=O)(=O)[C@@H](C)[C@H](OC)c2ccc(C#N)cc2C#N)nnc1-c1ccc(C)o1.COc1cccc(OC)c1-n1c(CS(=O)(=O)[C@H](C)[C@@H](OC)c2ccc(C#N)cc2C#N)nnc1-c1ccc(C)o1. The molecule has 0 saturated carbocycles. The minimum absolute atomic E-state index is 0.0916. The summed E-state index contributed by atoms with van der Waals surface area (Å²) in [7, 11) is 0.744. The third-order valence-corrected chi connectivity index (χ3v) is 17.1. The first-order chi connectivity index (χ1) is 38.4. The first-order valence-corrected chi connectivity index (χ1v) is 27.6. The molecule has 0 aliphatic heterocycles. The molecule has 0 aliphatic carbocycles. The van der Waals surface area contributed by atoms with Crippen LogP contribution in [0.25, 0.3) is 34.5 Å². The number of hydrogen-bond acceptors (Lipinski definition) is 20. The van der Waals surface area contributed by atoms with E-state index in [-0.39, 0.29) is 45.6 Å². The fraction of sp³-hybridized carbons (Fsp3) is 0.286. The molecule has 8 aromatic rings. The van der Waals surface area contributed by atoms with Crippen molar-refractivity contribution in [2.24, 2.45) is 0 Å². The molecule has 0 amide bonds. The smallest absolute Gasteiger partial charge is 0.204 e. The van der Waals surface area contributed by atoms with Crippen molar-refractivity contribution in [1.29, 1.82) is 21.0 Å². The molecule has 0 bridgehead atoms. The summed E-state index contributed by atoms with van der Waals surface area (Å²) in [6.45, 7) is 6.57. The van der Waals surface area contributed by atoms with Crippen molar-refractivity contribution >= 4 is 19.7 Å². The van der Waals surface area contributed by atoms with Crippen LogP contribution in [0.1, 0.15) is 82.6 Å². The average Bonchev–Trinajstić information content (AvgIpc) is 4.31. The van der Waals surface area contributed by atoms with E-state index in [0.717, 1.165) is 0 Å². The topological polar surface area (TPSA) is 307 Å². The number of sulfone groups is 2. The highest BCUT2D eigenvalue weighted by Gasteiger charge is 2.37. The second-order valence-corrected chi connectivity index (χ2v) is 22.5. The van der Waals surface area contributed by atoms with Crippen LogP contribution in [-0.4, -0.2) is 99.5 Å². The number of rotatable bonds is 20. The lowest BCUT2D eigenvalue weighted by Crippen LogP contribution is -2.29. The standard InChI is InChI=1S/2C28H27N5O6S/c2*1-17-9-12-24(39-17)28-32-31-25(33(28)26-22(36-3)7-6-8-23(26)37-4)16-40(34,35)18(2)27(38-5)21-11-10-19(14-29)13-20(21)15-30/h2*6-13,18,27H,16H2,1-5H3/t2*18-,27-/m10/s1. The van der Waals surface area contributed by atoms with Crippen LogP contribution in [0.15, 0.2) is 106 Å². The van der Waals surface area contributed by atoms with Gasteiger partial charge in [-0.2, -0.15) is 21.0 Å². The first-order valence-electron chi connectivity index (χ1n) is 24.2. The quantitative estimate of drug-likeness (QED) is 0.0689. The largest absolute Gasteiger partial charge is 0.494 e. The summed E-state index contributed by atoms with van der Waals surface area (Å²) in [4.78, 5) is 0. The Hall–Kier alpha value is -9.30. The summed E-state index contributed by atoms with van der Waals surface area (Å²) in [5.74, 6) is 3.29. The van der Waals surface area contributed by atoms with E-state index in [4.69, 9.17) is 37.3 Å². The van der Waals surface area contributed by atoms with Crippen molar-refractivity contribution in [1.82, 2.24) is 29.5 Å². The highest BCUT2D eigenvalue weighted by Crippen LogP contribution is 2.40. The van der Waals surface area contributed by atoms with Crippen molar-refractivity contribution in [3.63, 3.8) is 0 Å². The van der Waals surface area contributed by atoms with Gasteiger partial charge in [0, 0.05) is 14.2 Å². The van der Waals surface area contributed by atoms with E-state index < -0.39 is 53.9 Å². The van der Waals surface area contributed by atoms with Crippen LogP contribution in [0.5, 0.6) is 23.0 Å². The molecule has 0 fully saturated rings. The van der Waals surface area contributed by atoms with Gasteiger partial charge in [0.15, 0.2) is 42.8 Å². The van der Waals surface area contributed by atoms with Gasteiger partial charge in [-0.15, -0.1) is 20.4 Å². The van der Waals surface area contributed by atoms with Crippen LogP contribution in [-0.2, 0) is 40.7 Å². The van der Waals surface area contributed by atoms with E-state index in [0.29, 0.717) is 68.5 Å². The second-order valence-electron chi connectivity index (χ2n) is 17.8. The van der Waals surface area contributed by atoms with Gasteiger partial charge in [0.25, 0.3) is 0 Å². The highest BCUT2D eigenvalue weighted by molar-refractivity contribution is 7.91. The van der Waals surface area contributed by atoms with E-state index in [1.54, 1.807) is 83.6 Å². The van der Waals surface area contributed by atoms with Gasteiger partial charge in [0.2, 0.25) is 11.6 Å². The van der Waals surface area contributed by atoms with E-state index in [1.807, 2.05) is 24.3 Å². The van der Waals surface area contributed by atoms with Gasteiger partial charge in [-0.25, -0.2) is 16.8 Å². The van der Waals surface area contributed by atoms with Crippen LogP contribution in [0, 0.1) is 59.2 Å². The van der Waals surface area contributed by atoms with E-state index in [2.05, 4.69) is 20.4 Å². The lowest BCUT2D eigenvalue weighted by atomic mass is 9.99. The Morgan fingerprint density at radius 3 is 1.12 bits per heavy atom. The number of para-hydroxylation sites is 2. The number of aromatic nitrogens is 6. The minimum atomic E-state index is -3.98. The summed E-state index contributed by atoms with van der Waals surface area (Å²) in [6, 6.07) is 34.2. The molecule has 24 heteroatoms.